The van der Waals surface area contributed by atoms with E-state index in [-0.39, 0.29) is 42.2 Å². The molecule has 0 radical (unpaired) electrons. The van der Waals surface area contributed by atoms with Gasteiger partial charge in [-0.05, 0) is 25.7 Å². The fourth-order valence-electron chi connectivity index (χ4n) is 3.30. The molecule has 2 N–H and O–H groups in total. The van der Waals surface area contributed by atoms with Crippen LogP contribution in [0.4, 0.5) is 0 Å². The van der Waals surface area contributed by atoms with Gasteiger partial charge in [-0.3, -0.25) is 9.59 Å². The van der Waals surface area contributed by atoms with E-state index >= 15 is 0 Å². The van der Waals surface area contributed by atoms with Gasteiger partial charge in [0, 0.05) is 24.5 Å². The topological polar surface area (TPSA) is 79.5 Å². The normalized spacial score (nSPS) is 24.8. The summed E-state index contributed by atoms with van der Waals surface area (Å²) in [7, 11) is 0. The minimum atomic E-state index is -0.416. The van der Waals surface area contributed by atoms with E-state index in [1.165, 1.54) is 11.3 Å². The Labute approximate surface area is 152 Å². The number of aromatic nitrogens is 1. The number of thiazole rings is 1. The van der Waals surface area contributed by atoms with Crippen LogP contribution in [0.15, 0.2) is 5.38 Å². The molecule has 8 heteroatoms. The van der Waals surface area contributed by atoms with Crippen molar-refractivity contribution in [2.24, 2.45) is 11.7 Å². The zero-order valence-corrected chi connectivity index (χ0v) is 15.9. The van der Waals surface area contributed by atoms with Crippen molar-refractivity contribution >= 4 is 35.6 Å². The lowest BCUT2D eigenvalue weighted by molar-refractivity contribution is -0.141. The smallest absolute Gasteiger partial charge is 0.274 e. The summed E-state index contributed by atoms with van der Waals surface area (Å²) < 4.78 is 0. The zero-order chi connectivity index (χ0) is 16.7. The minimum absolute atomic E-state index is 0. The van der Waals surface area contributed by atoms with E-state index in [9.17, 15) is 9.59 Å². The van der Waals surface area contributed by atoms with Gasteiger partial charge in [0.25, 0.3) is 5.91 Å². The number of amides is 2. The van der Waals surface area contributed by atoms with Crippen molar-refractivity contribution in [1.29, 1.82) is 0 Å². The van der Waals surface area contributed by atoms with Crippen molar-refractivity contribution in [3.63, 3.8) is 0 Å². The van der Waals surface area contributed by atoms with Crippen LogP contribution >= 0.6 is 23.7 Å². The van der Waals surface area contributed by atoms with Crippen LogP contribution in [0.5, 0.6) is 0 Å². The van der Waals surface area contributed by atoms with Crippen LogP contribution in [0.1, 0.15) is 55.2 Å². The van der Waals surface area contributed by atoms with Gasteiger partial charge in [-0.25, -0.2) is 4.98 Å². The zero-order valence-electron chi connectivity index (χ0n) is 14.3. The number of carbonyl (C=O) groups is 2. The molecule has 0 saturated carbocycles. The van der Waals surface area contributed by atoms with E-state index in [0.717, 1.165) is 24.4 Å². The number of piperazine rings is 1. The molecule has 0 spiro atoms. The average Bonchev–Trinajstić information content (AvgIpc) is 3.18. The Morgan fingerprint density at radius 1 is 1.46 bits per heavy atom. The highest BCUT2D eigenvalue weighted by Gasteiger charge is 2.42. The van der Waals surface area contributed by atoms with Crippen LogP contribution in [-0.2, 0) is 4.79 Å². The Hall–Kier alpha value is -1.18. The number of halogens is 1. The lowest BCUT2D eigenvalue weighted by Crippen LogP contribution is -2.60. The van der Waals surface area contributed by atoms with E-state index in [1.807, 2.05) is 25.7 Å². The first-order chi connectivity index (χ1) is 10.9. The molecule has 24 heavy (non-hydrogen) atoms. The molecule has 3 rings (SSSR count). The number of nitrogens with zero attached hydrogens (tertiary/aromatic N) is 3. The van der Waals surface area contributed by atoms with Crippen LogP contribution in [-0.4, -0.2) is 51.8 Å². The Kier molecular flexibility index (Phi) is 5.88. The summed E-state index contributed by atoms with van der Waals surface area (Å²) in [6.07, 6.45) is 2.00. The Morgan fingerprint density at radius 2 is 2.17 bits per heavy atom. The molecule has 0 aromatic carbocycles. The lowest BCUT2D eigenvalue weighted by atomic mass is 10.1. The Balaban J connectivity index is 0.00000208. The highest BCUT2D eigenvalue weighted by atomic mass is 35.5. The van der Waals surface area contributed by atoms with E-state index in [0.29, 0.717) is 12.2 Å². The molecule has 1 aromatic rings. The van der Waals surface area contributed by atoms with Crippen molar-refractivity contribution < 1.29 is 9.59 Å². The van der Waals surface area contributed by atoms with Crippen molar-refractivity contribution in [2.75, 3.05) is 13.1 Å². The summed E-state index contributed by atoms with van der Waals surface area (Å²) in [5, 5.41) is 2.54. The standard InChI is InChI=1S/C16H24N4O2S.ClH/c1-9(2)13(17)14-18-12(8-23-14)16(22)20-7-11-5-4-6-19(11)15(21)10(20)3;/h8-11,13H,4-7,17H2,1-3H3;1H/t10-,11+,13-;/m0./s1. The monoisotopic (exact) mass is 372 g/mol. The number of hydrogen-bond donors (Lipinski definition) is 1. The van der Waals surface area contributed by atoms with E-state index in [2.05, 4.69) is 4.98 Å². The summed E-state index contributed by atoms with van der Waals surface area (Å²) in [6, 6.07) is -0.410. The van der Waals surface area contributed by atoms with Crippen LogP contribution < -0.4 is 5.73 Å². The second kappa shape index (κ2) is 7.37. The number of carbonyl (C=O) groups excluding carboxylic acids is 2. The van der Waals surface area contributed by atoms with Gasteiger partial charge < -0.3 is 15.5 Å². The Morgan fingerprint density at radius 3 is 2.83 bits per heavy atom. The van der Waals surface area contributed by atoms with Gasteiger partial charge in [-0.2, -0.15) is 0 Å². The number of fused-ring (bicyclic) bond motifs is 1. The molecule has 0 unspecified atom stereocenters. The molecule has 134 valence electrons. The van der Waals surface area contributed by atoms with Crippen LogP contribution in [0.25, 0.3) is 0 Å². The van der Waals surface area contributed by atoms with Gasteiger partial charge in [0.05, 0.1) is 6.04 Å². The largest absolute Gasteiger partial charge is 0.336 e. The summed E-state index contributed by atoms with van der Waals surface area (Å²) in [4.78, 5) is 33.3. The maximum Gasteiger partial charge on any atom is 0.274 e. The molecule has 2 aliphatic heterocycles. The fourth-order valence-corrected chi connectivity index (χ4v) is 4.27. The average molecular weight is 373 g/mol. The molecule has 2 fully saturated rings. The molecule has 0 bridgehead atoms. The third-order valence-corrected chi connectivity index (χ3v) is 5.84. The first-order valence-corrected chi connectivity index (χ1v) is 9.10. The lowest BCUT2D eigenvalue weighted by Gasteiger charge is -2.41. The van der Waals surface area contributed by atoms with E-state index < -0.39 is 6.04 Å². The summed E-state index contributed by atoms with van der Waals surface area (Å²) >= 11 is 1.42. The molecule has 3 atom stereocenters. The third kappa shape index (κ3) is 3.30. The molecule has 0 aliphatic carbocycles. The molecular formula is C16H25ClN4O2S. The highest BCUT2D eigenvalue weighted by Crippen LogP contribution is 2.28. The van der Waals surface area contributed by atoms with Crippen LogP contribution in [0.2, 0.25) is 0 Å². The highest BCUT2D eigenvalue weighted by molar-refractivity contribution is 7.09. The van der Waals surface area contributed by atoms with Gasteiger partial charge in [-0.15, -0.1) is 23.7 Å². The van der Waals surface area contributed by atoms with Crippen LogP contribution in [0.3, 0.4) is 0 Å². The van der Waals surface area contributed by atoms with Gasteiger partial charge in [0.1, 0.15) is 16.7 Å². The number of rotatable bonds is 3. The fraction of sp³-hybridized carbons (Fsp3) is 0.688. The van der Waals surface area contributed by atoms with Crippen molar-refractivity contribution in [2.45, 2.75) is 51.7 Å². The SMILES string of the molecule is CC(C)[C@H](N)c1nc(C(=O)N2C[C@H]3CCCN3C(=O)[C@@H]2C)cs1.Cl. The van der Waals surface area contributed by atoms with Crippen molar-refractivity contribution in [3.8, 4) is 0 Å². The van der Waals surface area contributed by atoms with E-state index in [1.54, 1.807) is 10.3 Å². The molecular weight excluding hydrogens is 348 g/mol. The van der Waals surface area contributed by atoms with Crippen molar-refractivity contribution in [1.82, 2.24) is 14.8 Å². The van der Waals surface area contributed by atoms with Gasteiger partial charge >= 0.3 is 0 Å². The molecule has 2 aliphatic rings. The minimum Gasteiger partial charge on any atom is -0.336 e. The molecule has 6 nitrogen and oxygen atoms in total. The van der Waals surface area contributed by atoms with E-state index in [4.69, 9.17) is 5.73 Å². The first-order valence-electron chi connectivity index (χ1n) is 8.22. The third-order valence-electron chi connectivity index (χ3n) is 4.90. The number of nitrogens with two attached hydrogens (primary N) is 1. The molecule has 2 amide bonds. The maximum atomic E-state index is 12.8. The first kappa shape index (κ1) is 19.1. The van der Waals surface area contributed by atoms with Gasteiger partial charge in [-0.1, -0.05) is 13.8 Å². The predicted molar refractivity (Wildman–Crippen MR) is 96.4 cm³/mol. The predicted octanol–water partition coefficient (Wildman–Crippen LogP) is 2.06. The summed E-state index contributed by atoms with van der Waals surface area (Å²) in [5.41, 5.74) is 6.52. The molecule has 3 heterocycles. The second-order valence-electron chi connectivity index (χ2n) is 6.80. The quantitative estimate of drug-likeness (QED) is 0.880. The summed E-state index contributed by atoms with van der Waals surface area (Å²) in [5.74, 6) is 0.170. The van der Waals surface area contributed by atoms with Gasteiger partial charge in [0.2, 0.25) is 5.91 Å². The summed E-state index contributed by atoms with van der Waals surface area (Å²) in [6.45, 7) is 7.30. The number of hydrogen-bond acceptors (Lipinski definition) is 5. The molecule has 2 saturated heterocycles. The Bertz CT molecular complexity index is 621. The van der Waals surface area contributed by atoms with Gasteiger partial charge in [0.15, 0.2) is 0 Å². The van der Waals surface area contributed by atoms with Crippen molar-refractivity contribution in [3.05, 3.63) is 16.1 Å². The van der Waals surface area contributed by atoms with Crippen LogP contribution in [0, 0.1) is 5.92 Å². The second-order valence-corrected chi connectivity index (χ2v) is 7.69. The maximum absolute atomic E-state index is 12.8. The molecule has 1 aromatic heterocycles.